The molecule has 3 heteroatoms. The minimum absolute atomic E-state index is 0.441. The fraction of sp³-hybridized carbons (Fsp3) is 0.615. The van der Waals surface area contributed by atoms with Gasteiger partial charge in [-0.15, -0.1) is 0 Å². The van der Waals surface area contributed by atoms with E-state index in [2.05, 4.69) is 23.7 Å². The Morgan fingerprint density at radius 3 is 3.00 bits per heavy atom. The van der Waals surface area contributed by atoms with Gasteiger partial charge in [-0.05, 0) is 36.9 Å². The molecule has 88 valence electrons. The van der Waals surface area contributed by atoms with Crippen molar-refractivity contribution in [1.82, 2.24) is 9.88 Å². The molecule has 2 heterocycles. The van der Waals surface area contributed by atoms with Crippen LogP contribution in [0.1, 0.15) is 32.4 Å². The maximum atomic E-state index is 5.96. The van der Waals surface area contributed by atoms with Crippen LogP contribution in [0.5, 0.6) is 0 Å². The number of hydrogen-bond acceptors (Lipinski definition) is 2. The van der Waals surface area contributed by atoms with Crippen LogP contribution in [0.15, 0.2) is 18.3 Å². The van der Waals surface area contributed by atoms with Crippen LogP contribution < -0.4 is 0 Å². The van der Waals surface area contributed by atoms with Gasteiger partial charge in [0, 0.05) is 24.3 Å². The molecule has 1 aliphatic rings. The van der Waals surface area contributed by atoms with E-state index < -0.39 is 0 Å². The second-order valence-electron chi connectivity index (χ2n) is 5.44. The van der Waals surface area contributed by atoms with Crippen molar-refractivity contribution >= 4 is 11.6 Å². The van der Waals surface area contributed by atoms with E-state index in [0.29, 0.717) is 5.41 Å². The van der Waals surface area contributed by atoms with Gasteiger partial charge in [-0.25, -0.2) is 0 Å². The number of rotatable bonds is 2. The Kier molecular flexibility index (Phi) is 3.50. The van der Waals surface area contributed by atoms with Gasteiger partial charge >= 0.3 is 0 Å². The molecule has 1 aromatic heterocycles. The molecule has 16 heavy (non-hydrogen) atoms. The summed E-state index contributed by atoms with van der Waals surface area (Å²) < 4.78 is 0. The largest absolute Gasteiger partial charge is 0.297 e. The van der Waals surface area contributed by atoms with Crippen molar-refractivity contribution < 1.29 is 0 Å². The van der Waals surface area contributed by atoms with Gasteiger partial charge in [0.05, 0.1) is 5.69 Å². The van der Waals surface area contributed by atoms with Crippen molar-refractivity contribution in [2.75, 3.05) is 13.1 Å². The fourth-order valence-corrected chi connectivity index (χ4v) is 2.63. The van der Waals surface area contributed by atoms with E-state index in [1.54, 1.807) is 6.20 Å². The third-order valence-electron chi connectivity index (χ3n) is 3.14. The van der Waals surface area contributed by atoms with Gasteiger partial charge in [0.15, 0.2) is 0 Å². The van der Waals surface area contributed by atoms with E-state index >= 15 is 0 Å². The molecule has 0 N–H and O–H groups in total. The van der Waals surface area contributed by atoms with Crippen LogP contribution in [-0.4, -0.2) is 23.0 Å². The van der Waals surface area contributed by atoms with Crippen molar-refractivity contribution in [3.8, 4) is 0 Å². The molecule has 1 aliphatic heterocycles. The Labute approximate surface area is 103 Å². The third kappa shape index (κ3) is 3.19. The summed E-state index contributed by atoms with van der Waals surface area (Å²) >= 11 is 5.96. The SMILES string of the molecule is CC1(C)CCCN(Cc2cc(Cl)ccn2)C1. The molecule has 0 spiro atoms. The lowest BCUT2D eigenvalue weighted by atomic mass is 9.84. The first-order valence-electron chi connectivity index (χ1n) is 5.88. The number of aromatic nitrogens is 1. The summed E-state index contributed by atoms with van der Waals surface area (Å²) in [5, 5.41) is 0.779. The quantitative estimate of drug-likeness (QED) is 0.786. The molecule has 0 bridgehead atoms. The van der Waals surface area contributed by atoms with Gasteiger partial charge in [-0.2, -0.15) is 0 Å². The summed E-state index contributed by atoms with van der Waals surface area (Å²) in [7, 11) is 0. The molecular formula is C13H19ClN2. The van der Waals surface area contributed by atoms with E-state index in [9.17, 15) is 0 Å². The summed E-state index contributed by atoms with van der Waals surface area (Å²) in [5.41, 5.74) is 1.52. The molecule has 2 nitrogen and oxygen atoms in total. The third-order valence-corrected chi connectivity index (χ3v) is 3.38. The first-order chi connectivity index (χ1) is 7.55. The summed E-state index contributed by atoms with van der Waals surface area (Å²) in [5.74, 6) is 0. The van der Waals surface area contributed by atoms with E-state index in [0.717, 1.165) is 23.8 Å². The number of piperidine rings is 1. The van der Waals surface area contributed by atoms with E-state index in [4.69, 9.17) is 11.6 Å². The molecule has 0 aliphatic carbocycles. The molecule has 1 aromatic rings. The average molecular weight is 239 g/mol. The number of pyridine rings is 1. The van der Waals surface area contributed by atoms with E-state index in [1.165, 1.54) is 19.4 Å². The van der Waals surface area contributed by atoms with Crippen LogP contribution in [-0.2, 0) is 6.54 Å². The molecular weight excluding hydrogens is 220 g/mol. The van der Waals surface area contributed by atoms with Crippen molar-refractivity contribution in [2.45, 2.75) is 33.2 Å². The predicted octanol–water partition coefficient (Wildman–Crippen LogP) is 3.36. The van der Waals surface area contributed by atoms with Gasteiger partial charge in [0.2, 0.25) is 0 Å². The lowest BCUT2D eigenvalue weighted by Gasteiger charge is -2.37. The molecule has 1 fully saturated rings. The van der Waals surface area contributed by atoms with Crippen LogP contribution in [0, 0.1) is 5.41 Å². The van der Waals surface area contributed by atoms with Gasteiger partial charge in [0.25, 0.3) is 0 Å². The van der Waals surface area contributed by atoms with Crippen molar-refractivity contribution in [3.63, 3.8) is 0 Å². The Hall–Kier alpha value is -0.600. The number of hydrogen-bond donors (Lipinski definition) is 0. The number of halogens is 1. The lowest BCUT2D eigenvalue weighted by Crippen LogP contribution is -2.39. The topological polar surface area (TPSA) is 16.1 Å². The predicted molar refractivity (Wildman–Crippen MR) is 67.5 cm³/mol. The van der Waals surface area contributed by atoms with Crippen LogP contribution in [0.3, 0.4) is 0 Å². The highest BCUT2D eigenvalue weighted by molar-refractivity contribution is 6.30. The highest BCUT2D eigenvalue weighted by Gasteiger charge is 2.26. The smallest absolute Gasteiger partial charge is 0.0558 e. The average Bonchev–Trinajstić information content (AvgIpc) is 2.15. The molecule has 0 atom stereocenters. The van der Waals surface area contributed by atoms with Crippen LogP contribution in [0.25, 0.3) is 0 Å². The maximum Gasteiger partial charge on any atom is 0.0558 e. The van der Waals surface area contributed by atoms with E-state index in [1.807, 2.05) is 12.1 Å². The molecule has 0 saturated carbocycles. The molecule has 0 unspecified atom stereocenters. The summed E-state index contributed by atoms with van der Waals surface area (Å²) in [6.07, 6.45) is 4.40. The molecule has 0 aromatic carbocycles. The van der Waals surface area contributed by atoms with E-state index in [-0.39, 0.29) is 0 Å². The fourth-order valence-electron chi connectivity index (χ4n) is 2.44. The monoisotopic (exact) mass is 238 g/mol. The molecule has 2 rings (SSSR count). The second kappa shape index (κ2) is 4.72. The highest BCUT2D eigenvalue weighted by Crippen LogP contribution is 2.29. The van der Waals surface area contributed by atoms with Gasteiger partial charge in [0.1, 0.15) is 0 Å². The van der Waals surface area contributed by atoms with Gasteiger partial charge in [-0.1, -0.05) is 25.4 Å². The maximum absolute atomic E-state index is 5.96. The molecule has 0 amide bonds. The number of nitrogens with zero attached hydrogens (tertiary/aromatic N) is 2. The Balaban J connectivity index is 1.99. The van der Waals surface area contributed by atoms with Gasteiger partial charge in [-0.3, -0.25) is 9.88 Å². The zero-order valence-corrected chi connectivity index (χ0v) is 10.8. The van der Waals surface area contributed by atoms with Crippen molar-refractivity contribution in [1.29, 1.82) is 0 Å². The summed E-state index contributed by atoms with van der Waals surface area (Å²) in [6, 6.07) is 3.79. The summed E-state index contributed by atoms with van der Waals surface area (Å²) in [6.45, 7) is 7.93. The standard InChI is InChI=1S/C13H19ClN2/c1-13(2)5-3-7-16(10-13)9-12-8-11(14)4-6-15-12/h4,6,8H,3,5,7,9-10H2,1-2H3. The van der Waals surface area contributed by atoms with Gasteiger partial charge < -0.3 is 0 Å². The highest BCUT2D eigenvalue weighted by atomic mass is 35.5. The summed E-state index contributed by atoms with van der Waals surface area (Å²) in [4.78, 5) is 6.83. The first-order valence-corrected chi connectivity index (χ1v) is 6.26. The molecule has 0 radical (unpaired) electrons. The Morgan fingerprint density at radius 2 is 2.31 bits per heavy atom. The van der Waals surface area contributed by atoms with Crippen molar-refractivity contribution in [2.24, 2.45) is 5.41 Å². The Bertz CT molecular complexity index is 363. The van der Waals surface area contributed by atoms with Crippen LogP contribution in [0.2, 0.25) is 5.02 Å². The molecule has 1 saturated heterocycles. The Morgan fingerprint density at radius 1 is 1.50 bits per heavy atom. The zero-order valence-electron chi connectivity index (χ0n) is 10.0. The van der Waals surface area contributed by atoms with Crippen LogP contribution in [0.4, 0.5) is 0 Å². The normalized spacial score (nSPS) is 20.9. The first kappa shape index (κ1) is 11.9. The van der Waals surface area contributed by atoms with Crippen molar-refractivity contribution in [3.05, 3.63) is 29.0 Å². The van der Waals surface area contributed by atoms with Crippen LogP contribution >= 0.6 is 11.6 Å². The minimum Gasteiger partial charge on any atom is -0.297 e. The zero-order chi connectivity index (χ0) is 11.6. The number of likely N-dealkylation sites (tertiary alicyclic amines) is 1. The lowest BCUT2D eigenvalue weighted by molar-refractivity contribution is 0.110. The minimum atomic E-state index is 0.441. The second-order valence-corrected chi connectivity index (χ2v) is 5.88.